The van der Waals surface area contributed by atoms with Crippen molar-refractivity contribution >= 4 is 11.9 Å². The van der Waals surface area contributed by atoms with E-state index in [1.54, 1.807) is 14.0 Å². The molecule has 110 valence electrons. The first-order valence-electron chi connectivity index (χ1n) is 6.76. The molecule has 0 aromatic carbocycles. The van der Waals surface area contributed by atoms with Crippen LogP contribution in [-0.2, 0) is 19.1 Å². The van der Waals surface area contributed by atoms with Crippen LogP contribution >= 0.6 is 0 Å². The Morgan fingerprint density at radius 2 is 2.16 bits per heavy atom. The van der Waals surface area contributed by atoms with Crippen molar-refractivity contribution in [2.24, 2.45) is 5.92 Å². The van der Waals surface area contributed by atoms with Crippen LogP contribution in [0.2, 0.25) is 0 Å². The number of carbonyl (C=O) groups excluding carboxylic acids is 2. The lowest BCUT2D eigenvalue weighted by Gasteiger charge is -2.26. The third-order valence-electron chi connectivity index (χ3n) is 3.34. The summed E-state index contributed by atoms with van der Waals surface area (Å²) in [5.41, 5.74) is 0. The van der Waals surface area contributed by atoms with Gasteiger partial charge in [0, 0.05) is 19.7 Å². The van der Waals surface area contributed by atoms with Crippen molar-refractivity contribution in [3.8, 4) is 0 Å². The lowest BCUT2D eigenvalue weighted by Crippen LogP contribution is -2.44. The second kappa shape index (κ2) is 8.12. The van der Waals surface area contributed by atoms with Crippen LogP contribution in [0.3, 0.4) is 0 Å². The lowest BCUT2D eigenvalue weighted by atomic mass is 10.0. The lowest BCUT2D eigenvalue weighted by molar-refractivity contribution is -0.150. The predicted molar refractivity (Wildman–Crippen MR) is 70.7 cm³/mol. The van der Waals surface area contributed by atoms with E-state index in [-0.39, 0.29) is 30.4 Å². The molecule has 1 aliphatic rings. The molecule has 0 aliphatic carbocycles. The molecule has 1 rings (SSSR count). The zero-order chi connectivity index (χ0) is 14.3. The molecular formula is C13H24N2O4. The summed E-state index contributed by atoms with van der Waals surface area (Å²) in [6.45, 7) is 5.74. The average Bonchev–Trinajstić information content (AvgIpc) is 2.80. The summed E-state index contributed by atoms with van der Waals surface area (Å²) in [4.78, 5) is 25.5. The van der Waals surface area contributed by atoms with Crippen LogP contribution in [0.4, 0.5) is 0 Å². The molecular weight excluding hydrogens is 248 g/mol. The number of nitrogens with one attached hydrogen (secondary N) is 1. The molecule has 1 amide bonds. The van der Waals surface area contributed by atoms with E-state index in [2.05, 4.69) is 5.32 Å². The summed E-state index contributed by atoms with van der Waals surface area (Å²) in [6.07, 6.45) is 0.812. The molecule has 1 heterocycles. The summed E-state index contributed by atoms with van der Waals surface area (Å²) >= 11 is 0. The number of amides is 1. The molecule has 1 fully saturated rings. The number of carbonyl (C=O) groups is 2. The van der Waals surface area contributed by atoms with Crippen molar-refractivity contribution in [1.29, 1.82) is 0 Å². The second-order valence-electron chi connectivity index (χ2n) is 4.70. The Balaban J connectivity index is 2.61. The SMILES string of the molecule is CCOC(=O)CN(CCOC)C(=O)C1CCNC1C. The van der Waals surface area contributed by atoms with Crippen LogP contribution in [0.15, 0.2) is 0 Å². The van der Waals surface area contributed by atoms with Crippen molar-refractivity contribution in [2.45, 2.75) is 26.3 Å². The smallest absolute Gasteiger partial charge is 0.325 e. The molecule has 1 N–H and O–H groups in total. The molecule has 1 aliphatic heterocycles. The molecule has 1 saturated heterocycles. The molecule has 0 aromatic rings. The zero-order valence-corrected chi connectivity index (χ0v) is 12.0. The maximum atomic E-state index is 12.4. The minimum Gasteiger partial charge on any atom is -0.465 e. The van der Waals surface area contributed by atoms with Gasteiger partial charge in [-0.15, -0.1) is 0 Å². The van der Waals surface area contributed by atoms with Gasteiger partial charge in [-0.1, -0.05) is 0 Å². The van der Waals surface area contributed by atoms with E-state index in [1.165, 1.54) is 4.90 Å². The van der Waals surface area contributed by atoms with Crippen LogP contribution in [0, 0.1) is 5.92 Å². The minimum atomic E-state index is -0.370. The van der Waals surface area contributed by atoms with E-state index in [9.17, 15) is 9.59 Å². The van der Waals surface area contributed by atoms with Gasteiger partial charge in [0.05, 0.1) is 19.1 Å². The third kappa shape index (κ3) is 4.80. The van der Waals surface area contributed by atoms with Gasteiger partial charge in [0.1, 0.15) is 6.54 Å². The van der Waals surface area contributed by atoms with Crippen molar-refractivity contribution in [2.75, 3.05) is 40.0 Å². The third-order valence-corrected chi connectivity index (χ3v) is 3.34. The highest BCUT2D eigenvalue weighted by Crippen LogP contribution is 2.18. The van der Waals surface area contributed by atoms with E-state index in [0.29, 0.717) is 19.8 Å². The molecule has 0 aromatic heterocycles. The van der Waals surface area contributed by atoms with Crippen molar-refractivity contribution < 1.29 is 19.1 Å². The molecule has 0 spiro atoms. The van der Waals surface area contributed by atoms with Gasteiger partial charge < -0.3 is 19.7 Å². The normalized spacial score (nSPS) is 22.3. The highest BCUT2D eigenvalue weighted by Gasteiger charge is 2.33. The Morgan fingerprint density at radius 3 is 2.68 bits per heavy atom. The quantitative estimate of drug-likeness (QED) is 0.662. The summed E-state index contributed by atoms with van der Waals surface area (Å²) in [5, 5.41) is 3.24. The number of methoxy groups -OCH3 is 1. The van der Waals surface area contributed by atoms with Crippen LogP contribution in [0.5, 0.6) is 0 Å². The van der Waals surface area contributed by atoms with Gasteiger partial charge in [0.15, 0.2) is 0 Å². The van der Waals surface area contributed by atoms with Gasteiger partial charge in [-0.2, -0.15) is 0 Å². The standard InChI is InChI=1S/C13H24N2O4/c1-4-19-12(16)9-15(7-8-18-3)13(17)11-5-6-14-10(11)2/h10-11,14H,4-9H2,1-3H3. The highest BCUT2D eigenvalue weighted by molar-refractivity contribution is 5.84. The van der Waals surface area contributed by atoms with E-state index in [4.69, 9.17) is 9.47 Å². The first kappa shape index (κ1) is 15.9. The second-order valence-corrected chi connectivity index (χ2v) is 4.70. The first-order valence-corrected chi connectivity index (χ1v) is 6.76. The molecule has 0 radical (unpaired) electrons. The van der Waals surface area contributed by atoms with E-state index < -0.39 is 0 Å². The van der Waals surface area contributed by atoms with Crippen molar-refractivity contribution in [3.05, 3.63) is 0 Å². The van der Waals surface area contributed by atoms with Gasteiger partial charge in [0.2, 0.25) is 5.91 Å². The van der Waals surface area contributed by atoms with Gasteiger partial charge >= 0.3 is 5.97 Å². The molecule has 2 atom stereocenters. The largest absolute Gasteiger partial charge is 0.465 e. The molecule has 0 bridgehead atoms. The van der Waals surface area contributed by atoms with Gasteiger partial charge in [-0.25, -0.2) is 0 Å². The Hall–Kier alpha value is -1.14. The minimum absolute atomic E-state index is 0.000741. The number of esters is 1. The molecule has 19 heavy (non-hydrogen) atoms. The van der Waals surface area contributed by atoms with Gasteiger partial charge in [-0.3, -0.25) is 9.59 Å². The zero-order valence-electron chi connectivity index (χ0n) is 12.0. The Morgan fingerprint density at radius 1 is 1.42 bits per heavy atom. The van der Waals surface area contributed by atoms with E-state index in [0.717, 1.165) is 13.0 Å². The topological polar surface area (TPSA) is 67.9 Å². The van der Waals surface area contributed by atoms with Crippen molar-refractivity contribution in [1.82, 2.24) is 10.2 Å². The van der Waals surface area contributed by atoms with Crippen LogP contribution < -0.4 is 5.32 Å². The molecule has 6 heteroatoms. The number of hydrogen-bond donors (Lipinski definition) is 1. The Bertz CT molecular complexity index is 309. The monoisotopic (exact) mass is 272 g/mol. The Labute approximate surface area is 114 Å². The summed E-state index contributed by atoms with van der Waals surface area (Å²) < 4.78 is 9.89. The fourth-order valence-corrected chi connectivity index (χ4v) is 2.26. The summed E-state index contributed by atoms with van der Waals surface area (Å²) in [5.74, 6) is -0.431. The maximum Gasteiger partial charge on any atom is 0.325 e. The molecule has 6 nitrogen and oxygen atoms in total. The number of nitrogens with zero attached hydrogens (tertiary/aromatic N) is 1. The average molecular weight is 272 g/mol. The van der Waals surface area contributed by atoms with Gasteiger partial charge in [0.25, 0.3) is 0 Å². The summed E-state index contributed by atoms with van der Waals surface area (Å²) in [7, 11) is 1.58. The van der Waals surface area contributed by atoms with Crippen molar-refractivity contribution in [3.63, 3.8) is 0 Å². The fraction of sp³-hybridized carbons (Fsp3) is 0.846. The van der Waals surface area contributed by atoms with E-state index in [1.807, 2.05) is 6.92 Å². The maximum absolute atomic E-state index is 12.4. The number of rotatable bonds is 7. The van der Waals surface area contributed by atoms with E-state index >= 15 is 0 Å². The number of hydrogen-bond acceptors (Lipinski definition) is 5. The Kier molecular flexibility index (Phi) is 6.80. The van der Waals surface area contributed by atoms with Crippen LogP contribution in [0.25, 0.3) is 0 Å². The first-order chi connectivity index (χ1) is 9.10. The molecule has 2 unspecified atom stereocenters. The fourth-order valence-electron chi connectivity index (χ4n) is 2.26. The number of ether oxygens (including phenoxy) is 2. The van der Waals surface area contributed by atoms with Crippen LogP contribution in [-0.4, -0.2) is 62.8 Å². The highest BCUT2D eigenvalue weighted by atomic mass is 16.5. The predicted octanol–water partition coefficient (Wildman–Crippen LogP) is 0.0225. The van der Waals surface area contributed by atoms with Crippen LogP contribution in [0.1, 0.15) is 20.3 Å². The molecule has 0 saturated carbocycles. The summed E-state index contributed by atoms with van der Waals surface area (Å²) in [6, 6.07) is 0.153. The van der Waals surface area contributed by atoms with Gasteiger partial charge in [-0.05, 0) is 26.8 Å².